The third-order valence-corrected chi connectivity index (χ3v) is 4.10. The van der Waals surface area contributed by atoms with Gasteiger partial charge in [0.15, 0.2) is 0 Å². The van der Waals surface area contributed by atoms with Crippen LogP contribution in [0.2, 0.25) is 0 Å². The lowest BCUT2D eigenvalue weighted by Gasteiger charge is -2.31. The number of carbonyl (C=O) groups excluding carboxylic acids is 2. The molecule has 8 heteroatoms. The molecule has 1 aliphatic rings. The number of carbonyl (C=O) groups is 2. The van der Waals surface area contributed by atoms with Gasteiger partial charge < -0.3 is 9.64 Å². The van der Waals surface area contributed by atoms with Crippen molar-refractivity contribution in [2.45, 2.75) is 32.4 Å². The fourth-order valence-corrected chi connectivity index (χ4v) is 2.73. The van der Waals surface area contributed by atoms with Gasteiger partial charge in [0.05, 0.1) is 23.7 Å². The van der Waals surface area contributed by atoms with Gasteiger partial charge in [-0.3, -0.25) is 9.59 Å². The van der Waals surface area contributed by atoms with E-state index in [1.807, 2.05) is 6.92 Å². The average molecular weight is 361 g/mol. The van der Waals surface area contributed by atoms with Gasteiger partial charge in [0, 0.05) is 13.1 Å². The molecule has 0 unspecified atom stereocenters. The van der Waals surface area contributed by atoms with Crippen LogP contribution in [-0.4, -0.2) is 36.5 Å². The highest BCUT2D eigenvalue weighted by molar-refractivity contribution is 5.95. The Hall–Kier alpha value is -2.12. The van der Waals surface area contributed by atoms with Crippen molar-refractivity contribution in [3.05, 3.63) is 35.1 Å². The summed E-state index contributed by atoms with van der Waals surface area (Å²) in [5, 5.41) is 0. The zero-order chi connectivity index (χ0) is 18.6. The fourth-order valence-electron chi connectivity index (χ4n) is 2.73. The molecule has 2 rings (SSSR count). The van der Waals surface area contributed by atoms with Crippen molar-refractivity contribution in [1.82, 2.24) is 4.90 Å². The number of nitrogens with zero attached hydrogens (tertiary/aromatic N) is 1. The van der Waals surface area contributed by atoms with E-state index in [2.05, 4.69) is 0 Å². The Balaban J connectivity index is 2.05. The molecule has 1 amide bonds. The van der Waals surface area contributed by atoms with Gasteiger partial charge in [-0.2, -0.15) is 13.2 Å². The molecule has 138 valence electrons. The molecule has 4 nitrogen and oxygen atoms in total. The molecule has 0 saturated carbocycles. The van der Waals surface area contributed by atoms with E-state index in [9.17, 15) is 27.2 Å². The Bertz CT molecular complexity index is 637. The first-order valence-corrected chi connectivity index (χ1v) is 8.07. The molecule has 0 aromatic heterocycles. The number of esters is 1. The molecule has 0 bridgehead atoms. The van der Waals surface area contributed by atoms with E-state index >= 15 is 0 Å². The van der Waals surface area contributed by atoms with Crippen LogP contribution in [0.4, 0.5) is 17.6 Å². The number of amides is 1. The summed E-state index contributed by atoms with van der Waals surface area (Å²) in [5.41, 5.74) is -2.07. The van der Waals surface area contributed by atoms with Gasteiger partial charge in [0.25, 0.3) is 5.91 Å². The predicted molar refractivity (Wildman–Crippen MR) is 81.3 cm³/mol. The SMILES string of the molecule is CCCOC(=O)C1CCN(C(=O)c2cccc(C(F)(F)F)c2F)CC1. The summed E-state index contributed by atoms with van der Waals surface area (Å²) in [7, 11) is 0. The van der Waals surface area contributed by atoms with Crippen molar-refractivity contribution in [2.75, 3.05) is 19.7 Å². The van der Waals surface area contributed by atoms with Gasteiger partial charge >= 0.3 is 12.1 Å². The number of rotatable bonds is 4. The molecule has 0 spiro atoms. The minimum absolute atomic E-state index is 0.167. The molecule has 0 radical (unpaired) electrons. The molecular formula is C17H19F4NO3. The Morgan fingerprint density at radius 1 is 1.24 bits per heavy atom. The molecule has 1 heterocycles. The molecule has 25 heavy (non-hydrogen) atoms. The molecule has 1 aromatic rings. The van der Waals surface area contributed by atoms with Gasteiger partial charge in [0.2, 0.25) is 0 Å². The summed E-state index contributed by atoms with van der Waals surface area (Å²) in [6.07, 6.45) is -3.47. The first-order valence-electron chi connectivity index (χ1n) is 8.07. The van der Waals surface area contributed by atoms with Crippen molar-refractivity contribution in [1.29, 1.82) is 0 Å². The number of alkyl halides is 3. The van der Waals surface area contributed by atoms with Crippen LogP contribution in [0.3, 0.4) is 0 Å². The third-order valence-electron chi connectivity index (χ3n) is 4.10. The highest BCUT2D eigenvalue weighted by Crippen LogP contribution is 2.33. The van der Waals surface area contributed by atoms with Crippen molar-refractivity contribution < 1.29 is 31.9 Å². The lowest BCUT2D eigenvalue weighted by Crippen LogP contribution is -2.41. The van der Waals surface area contributed by atoms with Crippen LogP contribution >= 0.6 is 0 Å². The summed E-state index contributed by atoms with van der Waals surface area (Å²) >= 11 is 0. The molecule has 0 aliphatic carbocycles. The smallest absolute Gasteiger partial charge is 0.419 e. The van der Waals surface area contributed by atoms with Gasteiger partial charge in [-0.1, -0.05) is 13.0 Å². The molecule has 1 aliphatic heterocycles. The van der Waals surface area contributed by atoms with Crippen LogP contribution in [0.15, 0.2) is 18.2 Å². The van der Waals surface area contributed by atoms with E-state index < -0.39 is 29.0 Å². The largest absolute Gasteiger partial charge is 0.465 e. The number of hydrogen-bond acceptors (Lipinski definition) is 3. The minimum atomic E-state index is -4.86. The Morgan fingerprint density at radius 3 is 2.44 bits per heavy atom. The number of halogens is 4. The van der Waals surface area contributed by atoms with E-state index in [0.29, 0.717) is 31.9 Å². The highest BCUT2D eigenvalue weighted by atomic mass is 19.4. The Morgan fingerprint density at radius 2 is 1.88 bits per heavy atom. The lowest BCUT2D eigenvalue weighted by molar-refractivity contribution is -0.150. The molecular weight excluding hydrogens is 342 g/mol. The number of likely N-dealkylation sites (tertiary alicyclic amines) is 1. The predicted octanol–water partition coefficient (Wildman–Crippen LogP) is 3.65. The normalized spacial score (nSPS) is 16.0. The monoisotopic (exact) mass is 361 g/mol. The van der Waals surface area contributed by atoms with Crippen LogP contribution in [0, 0.1) is 11.7 Å². The second kappa shape index (κ2) is 7.84. The van der Waals surface area contributed by atoms with E-state index in [1.165, 1.54) is 4.90 Å². The quantitative estimate of drug-likeness (QED) is 0.608. The van der Waals surface area contributed by atoms with Crippen molar-refractivity contribution in [3.63, 3.8) is 0 Å². The van der Waals surface area contributed by atoms with Crippen molar-refractivity contribution >= 4 is 11.9 Å². The molecule has 1 fully saturated rings. The second-order valence-electron chi connectivity index (χ2n) is 5.90. The first kappa shape index (κ1) is 19.2. The summed E-state index contributed by atoms with van der Waals surface area (Å²) in [5.74, 6) is -3.05. The number of benzene rings is 1. The van der Waals surface area contributed by atoms with Crippen LogP contribution in [-0.2, 0) is 15.7 Å². The third kappa shape index (κ3) is 4.49. The number of hydrogen-bond donors (Lipinski definition) is 0. The summed E-state index contributed by atoms with van der Waals surface area (Å²) in [6.45, 7) is 2.53. The van der Waals surface area contributed by atoms with Crippen molar-refractivity contribution in [2.24, 2.45) is 5.92 Å². The first-order chi connectivity index (χ1) is 11.8. The van der Waals surface area contributed by atoms with Crippen molar-refractivity contribution in [3.8, 4) is 0 Å². The number of piperidine rings is 1. The summed E-state index contributed by atoms with van der Waals surface area (Å²) in [4.78, 5) is 25.4. The highest BCUT2D eigenvalue weighted by Gasteiger charge is 2.37. The second-order valence-corrected chi connectivity index (χ2v) is 5.90. The average Bonchev–Trinajstić information content (AvgIpc) is 2.58. The maximum atomic E-state index is 14.1. The Labute approximate surface area is 142 Å². The van der Waals surface area contributed by atoms with Gasteiger partial charge in [-0.05, 0) is 31.4 Å². The molecule has 1 saturated heterocycles. The molecule has 0 N–H and O–H groups in total. The lowest BCUT2D eigenvalue weighted by atomic mass is 9.96. The van der Waals surface area contributed by atoms with Crippen LogP contribution in [0.5, 0.6) is 0 Å². The molecule has 1 aromatic carbocycles. The summed E-state index contributed by atoms with van der Waals surface area (Å²) in [6, 6.07) is 2.64. The topological polar surface area (TPSA) is 46.6 Å². The molecule has 0 atom stereocenters. The minimum Gasteiger partial charge on any atom is -0.465 e. The zero-order valence-corrected chi connectivity index (χ0v) is 13.7. The Kier molecular flexibility index (Phi) is 6.02. The fraction of sp³-hybridized carbons (Fsp3) is 0.529. The maximum absolute atomic E-state index is 14.1. The summed E-state index contributed by atoms with van der Waals surface area (Å²) < 4.78 is 57.4. The zero-order valence-electron chi connectivity index (χ0n) is 13.7. The van der Waals surface area contributed by atoms with Crippen LogP contribution in [0.25, 0.3) is 0 Å². The van der Waals surface area contributed by atoms with Crippen LogP contribution < -0.4 is 0 Å². The van der Waals surface area contributed by atoms with Gasteiger partial charge in [-0.25, -0.2) is 4.39 Å². The standard InChI is InChI=1S/C17H19F4NO3/c1-2-10-25-16(24)11-6-8-22(9-7-11)15(23)12-4-3-5-13(14(12)18)17(19,20)21/h3-5,11H,2,6-10H2,1H3. The van der Waals surface area contributed by atoms with Gasteiger partial charge in [-0.15, -0.1) is 0 Å². The number of ether oxygens (including phenoxy) is 1. The van der Waals surface area contributed by atoms with E-state index in [4.69, 9.17) is 4.74 Å². The van der Waals surface area contributed by atoms with Gasteiger partial charge in [0.1, 0.15) is 5.82 Å². The van der Waals surface area contributed by atoms with E-state index in [-0.39, 0.29) is 25.0 Å². The van der Waals surface area contributed by atoms with E-state index in [1.54, 1.807) is 0 Å². The van der Waals surface area contributed by atoms with Crippen LogP contribution in [0.1, 0.15) is 42.1 Å². The van der Waals surface area contributed by atoms with E-state index in [0.717, 1.165) is 12.1 Å². The maximum Gasteiger partial charge on any atom is 0.419 e.